The van der Waals surface area contributed by atoms with Crippen molar-refractivity contribution in [2.75, 3.05) is 14.1 Å². The van der Waals surface area contributed by atoms with E-state index in [1.54, 1.807) is 43.8 Å². The summed E-state index contributed by atoms with van der Waals surface area (Å²) < 4.78 is 1.03. The third-order valence-corrected chi connectivity index (χ3v) is 10.3. The van der Waals surface area contributed by atoms with E-state index in [0.29, 0.717) is 11.1 Å². The second-order valence-corrected chi connectivity index (χ2v) is 13.8. The molecule has 0 atom stereocenters. The average molecular weight is 796 g/mol. The van der Waals surface area contributed by atoms with E-state index in [1.807, 2.05) is 115 Å². The van der Waals surface area contributed by atoms with Crippen LogP contribution in [0.2, 0.25) is 0 Å². The van der Waals surface area contributed by atoms with Gasteiger partial charge in [0.1, 0.15) is 3.70 Å². The minimum atomic E-state index is -0.0901. The van der Waals surface area contributed by atoms with Crippen LogP contribution in [0.1, 0.15) is 32.1 Å². The zero-order chi connectivity index (χ0) is 34.2. The fourth-order valence-corrected chi connectivity index (χ4v) is 7.42. The molecule has 49 heavy (non-hydrogen) atoms. The van der Waals surface area contributed by atoms with Gasteiger partial charge in [-0.25, -0.2) is 0 Å². The topological polar surface area (TPSA) is 128 Å². The second kappa shape index (κ2) is 16.0. The van der Waals surface area contributed by atoms with Gasteiger partial charge in [-0.15, -0.1) is 0 Å². The zero-order valence-electron chi connectivity index (χ0n) is 26.4. The van der Waals surface area contributed by atoms with E-state index in [0.717, 1.165) is 56.5 Å². The van der Waals surface area contributed by atoms with Crippen molar-refractivity contribution in [3.05, 3.63) is 136 Å². The molecule has 0 aliphatic rings. The van der Waals surface area contributed by atoms with Gasteiger partial charge in [-0.2, -0.15) is 10.2 Å². The molecule has 0 fully saturated rings. The molecule has 9 nitrogen and oxygen atoms in total. The van der Waals surface area contributed by atoms with E-state index < -0.39 is 0 Å². The molecule has 3 heterocycles. The van der Waals surface area contributed by atoms with E-state index in [-0.39, 0.29) is 11.8 Å². The molecule has 0 aliphatic carbocycles. The number of hydrogen-bond acceptors (Lipinski definition) is 7. The van der Waals surface area contributed by atoms with Crippen molar-refractivity contribution in [2.24, 2.45) is 0 Å². The van der Waals surface area contributed by atoms with Crippen LogP contribution in [0.4, 0.5) is 0 Å². The quantitative estimate of drug-likeness (QED) is 0.114. The van der Waals surface area contributed by atoms with Crippen molar-refractivity contribution in [1.82, 2.24) is 36.0 Å². The van der Waals surface area contributed by atoms with Crippen LogP contribution < -0.4 is 10.6 Å². The summed E-state index contributed by atoms with van der Waals surface area (Å²) in [4.78, 5) is 32.2. The Balaban J connectivity index is 0.000000177. The van der Waals surface area contributed by atoms with E-state index in [2.05, 4.69) is 58.6 Å². The molecular weight excluding hydrogens is 765 g/mol. The predicted molar refractivity (Wildman–Crippen MR) is 206 cm³/mol. The number of aromatic nitrogens is 5. The monoisotopic (exact) mass is 795 g/mol. The lowest BCUT2D eigenvalue weighted by Crippen LogP contribution is -2.18. The molecule has 0 radical (unpaired) electrons. The number of pyridine rings is 1. The van der Waals surface area contributed by atoms with Crippen LogP contribution in [0, 0.1) is 3.70 Å². The summed E-state index contributed by atoms with van der Waals surface area (Å²) in [5.41, 5.74) is 4.98. The number of H-pyrrole nitrogens is 2. The summed E-state index contributed by atoms with van der Waals surface area (Å²) in [7, 11) is 3.28. The van der Waals surface area contributed by atoms with Crippen LogP contribution in [0.3, 0.4) is 0 Å². The normalized spacial score (nSPS) is 11.0. The first-order valence-electron chi connectivity index (χ1n) is 15.1. The van der Waals surface area contributed by atoms with Gasteiger partial charge in [0.15, 0.2) is 0 Å². The van der Waals surface area contributed by atoms with E-state index in [4.69, 9.17) is 0 Å². The molecule has 0 unspecified atom stereocenters. The number of halogens is 1. The van der Waals surface area contributed by atoms with Gasteiger partial charge < -0.3 is 10.6 Å². The molecule has 7 rings (SSSR count). The van der Waals surface area contributed by atoms with Gasteiger partial charge in [-0.05, 0) is 108 Å². The fraction of sp³-hybridized carbons (Fsp3) is 0.0541. The Morgan fingerprint density at radius 1 is 0.694 bits per heavy atom. The summed E-state index contributed by atoms with van der Waals surface area (Å²) in [5, 5.41) is 22.2. The van der Waals surface area contributed by atoms with Gasteiger partial charge >= 0.3 is 0 Å². The van der Waals surface area contributed by atoms with Crippen molar-refractivity contribution >= 4 is 91.9 Å². The Morgan fingerprint density at radius 2 is 1.31 bits per heavy atom. The molecule has 3 aromatic heterocycles. The van der Waals surface area contributed by atoms with Crippen LogP contribution in [0.5, 0.6) is 0 Å². The summed E-state index contributed by atoms with van der Waals surface area (Å²) in [6, 6.07) is 33.2. The van der Waals surface area contributed by atoms with Gasteiger partial charge in [0, 0.05) is 50.6 Å². The Bertz CT molecular complexity index is 2290. The molecular formula is C37H30IN7O2S2. The van der Waals surface area contributed by atoms with Gasteiger partial charge in [0.2, 0.25) is 0 Å². The summed E-state index contributed by atoms with van der Waals surface area (Å²) in [6.07, 6.45) is 5.66. The minimum absolute atomic E-state index is 0.0755. The average Bonchev–Trinajstić information content (AvgIpc) is 3.73. The number of rotatable bonds is 8. The third kappa shape index (κ3) is 8.21. The number of carbonyl (C=O) groups excluding carboxylic acids is 2. The number of nitrogens with zero attached hydrogens (tertiary/aromatic N) is 3. The van der Waals surface area contributed by atoms with Crippen molar-refractivity contribution in [3.8, 4) is 0 Å². The van der Waals surface area contributed by atoms with E-state index >= 15 is 0 Å². The lowest BCUT2D eigenvalue weighted by molar-refractivity contribution is 0.0952. The Morgan fingerprint density at radius 3 is 1.94 bits per heavy atom. The molecule has 0 saturated carbocycles. The first kappa shape index (κ1) is 34.0. The largest absolute Gasteiger partial charge is 0.355 e. The van der Waals surface area contributed by atoms with Crippen molar-refractivity contribution < 1.29 is 9.59 Å². The number of nitrogens with one attached hydrogen (secondary N) is 4. The van der Waals surface area contributed by atoms with Crippen molar-refractivity contribution in [3.63, 3.8) is 0 Å². The molecule has 2 amide bonds. The maximum atomic E-state index is 12.1. The van der Waals surface area contributed by atoms with Crippen LogP contribution in [0.25, 0.3) is 34.0 Å². The molecule has 4 aromatic carbocycles. The predicted octanol–water partition coefficient (Wildman–Crippen LogP) is 8.32. The first-order chi connectivity index (χ1) is 23.9. The highest BCUT2D eigenvalue weighted by Gasteiger charge is 2.13. The SMILES string of the molecule is CNC(=O)c1ccccc1Sc1ccc2c(/C=C/c3ccccn3)n[nH]c2c1.CNC(=O)c1ccccc1Sc1ccc2c(I)[nH]nc2c1. The van der Waals surface area contributed by atoms with Crippen LogP contribution >= 0.6 is 46.1 Å². The number of benzene rings is 4. The number of aromatic amines is 2. The molecule has 0 aliphatic heterocycles. The Labute approximate surface area is 304 Å². The molecule has 4 N–H and O–H groups in total. The van der Waals surface area contributed by atoms with Crippen molar-refractivity contribution in [1.29, 1.82) is 0 Å². The van der Waals surface area contributed by atoms with E-state index in [9.17, 15) is 9.59 Å². The molecule has 7 aromatic rings. The molecule has 0 saturated heterocycles. The lowest BCUT2D eigenvalue weighted by atomic mass is 10.2. The van der Waals surface area contributed by atoms with Crippen LogP contribution in [-0.4, -0.2) is 51.3 Å². The second-order valence-electron chi connectivity index (χ2n) is 10.5. The fourth-order valence-electron chi connectivity index (χ4n) is 4.88. The van der Waals surface area contributed by atoms with Crippen LogP contribution in [-0.2, 0) is 0 Å². The van der Waals surface area contributed by atoms with Crippen molar-refractivity contribution in [2.45, 2.75) is 19.6 Å². The van der Waals surface area contributed by atoms with Gasteiger partial charge in [-0.1, -0.05) is 53.9 Å². The first-order valence-corrected chi connectivity index (χ1v) is 17.8. The Kier molecular flexibility index (Phi) is 11.1. The number of hydrogen-bond donors (Lipinski definition) is 4. The molecule has 12 heteroatoms. The summed E-state index contributed by atoms with van der Waals surface area (Å²) in [6.45, 7) is 0. The molecule has 0 bridgehead atoms. The number of carbonyl (C=O) groups is 2. The Hall–Kier alpha value is -4.92. The van der Waals surface area contributed by atoms with Crippen LogP contribution in [0.15, 0.2) is 129 Å². The highest BCUT2D eigenvalue weighted by molar-refractivity contribution is 14.1. The van der Waals surface area contributed by atoms with Gasteiger partial charge in [0.25, 0.3) is 11.8 Å². The smallest absolute Gasteiger partial charge is 0.252 e. The minimum Gasteiger partial charge on any atom is -0.355 e. The standard InChI is InChI=1S/C22H18N4OS.C15H12IN3OS/c1-23-22(27)18-7-2-3-8-21(18)28-16-10-11-17-19(25-26-20(17)14-16)12-9-15-6-4-5-13-24-15;1-17-15(20)11-4-2-3-5-13(11)21-9-6-7-10-12(8-9)18-19-14(10)16/h2-14H,1H3,(H,23,27)(H,25,26);2-8H,1H3,(H,17,20)(H,18,19)/b12-9+;. The molecule has 244 valence electrons. The summed E-state index contributed by atoms with van der Waals surface area (Å²) in [5.74, 6) is -0.166. The molecule has 0 spiro atoms. The number of amides is 2. The maximum Gasteiger partial charge on any atom is 0.252 e. The van der Waals surface area contributed by atoms with Gasteiger partial charge in [0.05, 0.1) is 33.5 Å². The van der Waals surface area contributed by atoms with E-state index in [1.165, 1.54) is 0 Å². The number of fused-ring (bicyclic) bond motifs is 2. The summed E-state index contributed by atoms with van der Waals surface area (Å²) >= 11 is 5.35. The highest BCUT2D eigenvalue weighted by atomic mass is 127. The maximum absolute atomic E-state index is 12.1. The highest BCUT2D eigenvalue weighted by Crippen LogP contribution is 2.34. The lowest BCUT2D eigenvalue weighted by Gasteiger charge is -2.08. The van der Waals surface area contributed by atoms with Gasteiger partial charge in [-0.3, -0.25) is 24.8 Å². The third-order valence-electron chi connectivity index (χ3n) is 7.32. The zero-order valence-corrected chi connectivity index (χ0v) is 30.2.